The fourth-order valence-corrected chi connectivity index (χ4v) is 2.05. The summed E-state index contributed by atoms with van der Waals surface area (Å²) in [4.78, 5) is 0. The van der Waals surface area contributed by atoms with Crippen LogP contribution in [0.5, 0.6) is 0 Å². The summed E-state index contributed by atoms with van der Waals surface area (Å²) in [5.74, 6) is 0.561. The Morgan fingerprint density at radius 2 is 1.86 bits per heavy atom. The van der Waals surface area contributed by atoms with Crippen LogP contribution in [-0.4, -0.2) is 13.2 Å². The van der Waals surface area contributed by atoms with E-state index in [9.17, 15) is 0 Å². The van der Waals surface area contributed by atoms with Crippen LogP contribution in [0.25, 0.3) is 0 Å². The number of hydrogen-bond acceptors (Lipinski definition) is 1. The third-order valence-corrected chi connectivity index (χ3v) is 2.83. The van der Waals surface area contributed by atoms with E-state index in [-0.39, 0.29) is 0 Å². The summed E-state index contributed by atoms with van der Waals surface area (Å²) < 4.78 is 5.41. The molecule has 0 saturated heterocycles. The lowest BCUT2D eigenvalue weighted by Crippen LogP contribution is -2.13. The maximum atomic E-state index is 5.41. The number of fused-ring (bicyclic) bond motifs is 1. The minimum atomic E-state index is 0.391. The van der Waals surface area contributed by atoms with Gasteiger partial charge in [-0.1, -0.05) is 45.0 Å². The summed E-state index contributed by atoms with van der Waals surface area (Å²) in [5.41, 5.74) is 2.92. The Labute approximate surface area is 87.1 Å². The SMILES string of the molecule is CC.COC1Cc2ccccc2C1C. The molecule has 1 aliphatic carbocycles. The molecule has 1 nitrogen and oxygen atoms in total. The number of rotatable bonds is 1. The summed E-state index contributed by atoms with van der Waals surface area (Å²) in [6.45, 7) is 6.24. The van der Waals surface area contributed by atoms with Gasteiger partial charge in [0.15, 0.2) is 0 Å². The summed E-state index contributed by atoms with van der Waals surface area (Å²) in [6, 6.07) is 8.61. The fourth-order valence-electron chi connectivity index (χ4n) is 2.05. The Morgan fingerprint density at radius 1 is 1.21 bits per heavy atom. The molecule has 0 amide bonds. The number of methoxy groups -OCH3 is 1. The molecule has 1 aliphatic rings. The molecule has 0 aromatic heterocycles. The Bertz CT molecular complexity index is 280. The van der Waals surface area contributed by atoms with Crippen molar-refractivity contribution in [1.29, 1.82) is 0 Å². The lowest BCUT2D eigenvalue weighted by Gasteiger charge is -2.13. The first kappa shape index (κ1) is 11.3. The molecule has 78 valence electrons. The molecule has 0 heterocycles. The normalized spacial score (nSPS) is 23.7. The first-order valence-electron chi connectivity index (χ1n) is 5.43. The van der Waals surface area contributed by atoms with E-state index in [2.05, 4.69) is 31.2 Å². The smallest absolute Gasteiger partial charge is 0.0677 e. The maximum Gasteiger partial charge on any atom is 0.0677 e. The molecule has 1 aromatic rings. The van der Waals surface area contributed by atoms with Gasteiger partial charge >= 0.3 is 0 Å². The number of benzene rings is 1. The van der Waals surface area contributed by atoms with E-state index >= 15 is 0 Å². The van der Waals surface area contributed by atoms with E-state index in [1.165, 1.54) is 11.1 Å². The van der Waals surface area contributed by atoms with Gasteiger partial charge < -0.3 is 4.74 Å². The first-order chi connectivity index (χ1) is 6.83. The van der Waals surface area contributed by atoms with Gasteiger partial charge in [0, 0.05) is 13.0 Å². The van der Waals surface area contributed by atoms with Crippen LogP contribution < -0.4 is 0 Å². The van der Waals surface area contributed by atoms with E-state index in [1.54, 1.807) is 7.11 Å². The zero-order valence-electron chi connectivity index (χ0n) is 9.58. The van der Waals surface area contributed by atoms with Crippen molar-refractivity contribution in [3.63, 3.8) is 0 Å². The quantitative estimate of drug-likeness (QED) is 0.662. The molecule has 1 heteroatoms. The van der Waals surface area contributed by atoms with Crippen LogP contribution in [0.1, 0.15) is 37.8 Å². The van der Waals surface area contributed by atoms with Crippen LogP contribution in [0, 0.1) is 0 Å². The largest absolute Gasteiger partial charge is 0.380 e. The van der Waals surface area contributed by atoms with Crippen molar-refractivity contribution < 1.29 is 4.74 Å². The lowest BCUT2D eigenvalue weighted by molar-refractivity contribution is 0.0938. The van der Waals surface area contributed by atoms with Gasteiger partial charge in [0.1, 0.15) is 0 Å². The predicted octanol–water partition coefficient (Wildman–Crippen LogP) is 3.39. The van der Waals surface area contributed by atoms with Crippen LogP contribution >= 0.6 is 0 Å². The van der Waals surface area contributed by atoms with E-state index in [0.29, 0.717) is 12.0 Å². The Kier molecular flexibility index (Phi) is 4.15. The molecule has 0 radical (unpaired) electrons. The minimum Gasteiger partial charge on any atom is -0.380 e. The highest BCUT2D eigenvalue weighted by molar-refractivity contribution is 5.36. The molecule has 0 fully saturated rings. The second kappa shape index (κ2) is 5.16. The van der Waals surface area contributed by atoms with Crippen molar-refractivity contribution in [2.75, 3.05) is 7.11 Å². The molecule has 2 rings (SSSR count). The van der Waals surface area contributed by atoms with Crippen LogP contribution in [-0.2, 0) is 11.2 Å². The number of ether oxygens (including phenoxy) is 1. The molecular weight excluding hydrogens is 172 g/mol. The predicted molar refractivity (Wildman–Crippen MR) is 60.7 cm³/mol. The van der Waals surface area contributed by atoms with Crippen molar-refractivity contribution in [3.05, 3.63) is 35.4 Å². The molecule has 2 unspecified atom stereocenters. The second-order valence-corrected chi connectivity index (χ2v) is 3.47. The minimum absolute atomic E-state index is 0.391. The third-order valence-electron chi connectivity index (χ3n) is 2.83. The van der Waals surface area contributed by atoms with Crippen molar-refractivity contribution in [1.82, 2.24) is 0 Å². The van der Waals surface area contributed by atoms with Crippen molar-refractivity contribution in [2.45, 2.75) is 39.2 Å². The lowest BCUT2D eigenvalue weighted by atomic mass is 10.0. The van der Waals surface area contributed by atoms with Gasteiger partial charge in [-0.05, 0) is 17.5 Å². The van der Waals surface area contributed by atoms with Crippen LogP contribution in [0.3, 0.4) is 0 Å². The number of hydrogen-bond donors (Lipinski definition) is 0. The Balaban J connectivity index is 0.000000461. The van der Waals surface area contributed by atoms with Gasteiger partial charge in [0.05, 0.1) is 6.10 Å². The summed E-state index contributed by atoms with van der Waals surface area (Å²) >= 11 is 0. The van der Waals surface area contributed by atoms with Gasteiger partial charge in [-0.3, -0.25) is 0 Å². The molecule has 0 aliphatic heterocycles. The molecule has 0 N–H and O–H groups in total. The highest BCUT2D eigenvalue weighted by atomic mass is 16.5. The third kappa shape index (κ3) is 1.98. The molecule has 2 atom stereocenters. The van der Waals surface area contributed by atoms with Gasteiger partial charge in [0.25, 0.3) is 0 Å². The van der Waals surface area contributed by atoms with Gasteiger partial charge in [-0.15, -0.1) is 0 Å². The fraction of sp³-hybridized carbons (Fsp3) is 0.538. The molecule has 0 spiro atoms. The van der Waals surface area contributed by atoms with Gasteiger partial charge in [-0.2, -0.15) is 0 Å². The highest BCUT2D eigenvalue weighted by Gasteiger charge is 2.27. The van der Waals surface area contributed by atoms with E-state index < -0.39 is 0 Å². The second-order valence-electron chi connectivity index (χ2n) is 3.47. The van der Waals surface area contributed by atoms with E-state index in [0.717, 1.165) is 6.42 Å². The zero-order valence-corrected chi connectivity index (χ0v) is 9.58. The van der Waals surface area contributed by atoms with Crippen LogP contribution in [0.2, 0.25) is 0 Å². The first-order valence-corrected chi connectivity index (χ1v) is 5.43. The summed E-state index contributed by atoms with van der Waals surface area (Å²) in [6.07, 6.45) is 1.47. The molecule has 0 saturated carbocycles. The van der Waals surface area contributed by atoms with E-state index in [4.69, 9.17) is 4.74 Å². The van der Waals surface area contributed by atoms with E-state index in [1.807, 2.05) is 13.8 Å². The molecule has 1 aromatic carbocycles. The topological polar surface area (TPSA) is 9.23 Å². The summed E-state index contributed by atoms with van der Waals surface area (Å²) in [7, 11) is 1.80. The van der Waals surface area contributed by atoms with Crippen LogP contribution in [0.4, 0.5) is 0 Å². The van der Waals surface area contributed by atoms with Crippen LogP contribution in [0.15, 0.2) is 24.3 Å². The average molecular weight is 192 g/mol. The van der Waals surface area contributed by atoms with Crippen molar-refractivity contribution in [2.24, 2.45) is 0 Å². The van der Waals surface area contributed by atoms with Gasteiger partial charge in [-0.25, -0.2) is 0 Å². The standard InChI is InChI=1S/C11H14O.C2H6/c1-8-10-6-4-3-5-9(10)7-11(8)12-2;1-2/h3-6,8,11H,7H2,1-2H3;1-2H3. The molecule has 14 heavy (non-hydrogen) atoms. The zero-order chi connectivity index (χ0) is 10.6. The summed E-state index contributed by atoms with van der Waals surface area (Å²) in [5, 5.41) is 0. The Hall–Kier alpha value is -0.820. The van der Waals surface area contributed by atoms with Crippen molar-refractivity contribution >= 4 is 0 Å². The van der Waals surface area contributed by atoms with Crippen molar-refractivity contribution in [3.8, 4) is 0 Å². The Morgan fingerprint density at radius 3 is 2.43 bits per heavy atom. The maximum absolute atomic E-state index is 5.41. The average Bonchev–Trinajstić information content (AvgIpc) is 2.59. The highest BCUT2D eigenvalue weighted by Crippen LogP contribution is 2.33. The van der Waals surface area contributed by atoms with Gasteiger partial charge in [0.2, 0.25) is 0 Å². The molecule has 0 bridgehead atoms. The monoisotopic (exact) mass is 192 g/mol. The molecular formula is C13H20O.